The summed E-state index contributed by atoms with van der Waals surface area (Å²) in [5.74, 6) is 0. The van der Waals surface area contributed by atoms with E-state index in [2.05, 4.69) is 0 Å². The van der Waals surface area contributed by atoms with Crippen LogP contribution in [0.2, 0.25) is 0 Å². The molecule has 0 amide bonds. The molecule has 3 heteroatoms. The van der Waals surface area contributed by atoms with Gasteiger partial charge in [0.2, 0.25) is 0 Å². The fourth-order valence-electron chi connectivity index (χ4n) is 0.562. The number of nitrogens with zero attached hydrogens (tertiary/aromatic N) is 1. The van der Waals surface area contributed by atoms with Crippen molar-refractivity contribution in [2.45, 2.75) is 0 Å². The minimum Gasteiger partial charge on any atom is -0.474 e. The van der Waals surface area contributed by atoms with Crippen molar-refractivity contribution in [3.63, 3.8) is 0 Å². The van der Waals surface area contributed by atoms with Crippen LogP contribution in [0.3, 0.4) is 0 Å². The summed E-state index contributed by atoms with van der Waals surface area (Å²) in [6, 6.07) is 3.79. The van der Waals surface area contributed by atoms with Crippen molar-refractivity contribution >= 4 is 17.4 Å². The highest BCUT2D eigenvalue weighted by Crippen LogP contribution is 1.90. The first-order chi connectivity index (χ1) is 4.34. The zero-order chi connectivity index (χ0) is 6.69. The van der Waals surface area contributed by atoms with E-state index in [0.717, 1.165) is 0 Å². The summed E-state index contributed by atoms with van der Waals surface area (Å²) < 4.78 is 6.52. The van der Waals surface area contributed by atoms with Gasteiger partial charge in [-0.05, 0) is 24.4 Å². The molecule has 0 bridgehead atoms. The predicted molar refractivity (Wildman–Crippen MR) is 39.4 cm³/mol. The lowest BCUT2D eigenvalue weighted by Crippen LogP contribution is -2.07. The normalized spacial score (nSPS) is 9.00. The van der Waals surface area contributed by atoms with Gasteiger partial charge in [-0.15, -0.1) is 0 Å². The first-order valence-corrected chi connectivity index (χ1v) is 2.96. The number of hydrogen-bond acceptors (Lipinski definition) is 2. The van der Waals surface area contributed by atoms with E-state index in [1.54, 1.807) is 11.7 Å². The molecule has 0 spiro atoms. The third-order valence-electron chi connectivity index (χ3n) is 0.990. The molecule has 9 heavy (non-hydrogen) atoms. The summed E-state index contributed by atoms with van der Waals surface area (Å²) in [7, 11) is 1.56. The molecule has 0 unspecified atom stereocenters. The van der Waals surface area contributed by atoms with Crippen molar-refractivity contribution in [3.05, 3.63) is 24.5 Å². The highest BCUT2D eigenvalue weighted by atomic mass is 32.1. The second kappa shape index (κ2) is 2.64. The van der Waals surface area contributed by atoms with Crippen molar-refractivity contribution in [2.75, 3.05) is 7.11 Å². The molecule has 1 rings (SSSR count). The van der Waals surface area contributed by atoms with Gasteiger partial charge >= 0.3 is 0 Å². The van der Waals surface area contributed by atoms with Crippen LogP contribution in [0, 0.1) is 0 Å². The molecule has 1 aromatic heterocycles. The number of aromatic nitrogens is 1. The maximum Gasteiger partial charge on any atom is 0.267 e. The molecule has 0 aliphatic heterocycles. The Kier molecular flexibility index (Phi) is 1.85. The van der Waals surface area contributed by atoms with Crippen molar-refractivity contribution in [2.24, 2.45) is 0 Å². The Morgan fingerprint density at radius 2 is 2.00 bits per heavy atom. The van der Waals surface area contributed by atoms with Crippen LogP contribution in [0.4, 0.5) is 0 Å². The van der Waals surface area contributed by atoms with Crippen LogP contribution in [0.15, 0.2) is 24.5 Å². The smallest absolute Gasteiger partial charge is 0.267 e. The van der Waals surface area contributed by atoms with Gasteiger partial charge in [-0.1, -0.05) is 0 Å². The van der Waals surface area contributed by atoms with Crippen molar-refractivity contribution in [3.8, 4) is 0 Å². The Hall–Kier alpha value is -0.830. The van der Waals surface area contributed by atoms with E-state index in [-0.39, 0.29) is 0 Å². The number of thiocarbonyl (C=S) groups is 1. The maximum absolute atomic E-state index is 4.82. The second-order valence-corrected chi connectivity index (χ2v) is 1.91. The zero-order valence-corrected chi connectivity index (χ0v) is 5.89. The first-order valence-electron chi connectivity index (χ1n) is 2.56. The van der Waals surface area contributed by atoms with Crippen molar-refractivity contribution in [1.29, 1.82) is 0 Å². The van der Waals surface area contributed by atoms with Crippen LogP contribution in [0.5, 0.6) is 0 Å². The van der Waals surface area contributed by atoms with Gasteiger partial charge in [-0.25, -0.2) is 0 Å². The third-order valence-corrected chi connectivity index (χ3v) is 1.37. The molecule has 1 heterocycles. The summed E-state index contributed by atoms with van der Waals surface area (Å²) in [5, 5.41) is 0.472. The van der Waals surface area contributed by atoms with Crippen molar-refractivity contribution < 1.29 is 4.74 Å². The molecule has 1 aromatic rings. The maximum atomic E-state index is 4.82. The molecule has 0 saturated heterocycles. The molecule has 0 aliphatic carbocycles. The topological polar surface area (TPSA) is 14.2 Å². The minimum atomic E-state index is 0.472. The van der Waals surface area contributed by atoms with Gasteiger partial charge in [-0.3, -0.25) is 4.57 Å². The largest absolute Gasteiger partial charge is 0.474 e. The SMILES string of the molecule is COC(=S)n1cccc1. The first kappa shape index (κ1) is 6.29. The number of hydrogen-bond donors (Lipinski definition) is 0. The van der Waals surface area contributed by atoms with Crippen LogP contribution >= 0.6 is 12.2 Å². The number of ether oxygens (including phenoxy) is 1. The summed E-state index contributed by atoms with van der Waals surface area (Å²) in [5.41, 5.74) is 0. The van der Waals surface area contributed by atoms with Crippen LogP contribution in [0.1, 0.15) is 0 Å². The molecule has 2 nitrogen and oxygen atoms in total. The lowest BCUT2D eigenvalue weighted by molar-refractivity contribution is 0.397. The zero-order valence-electron chi connectivity index (χ0n) is 5.07. The van der Waals surface area contributed by atoms with Gasteiger partial charge in [0.15, 0.2) is 0 Å². The molecular weight excluding hydrogens is 134 g/mol. The van der Waals surface area contributed by atoms with Crippen LogP contribution in [-0.2, 0) is 4.74 Å². The Balaban J connectivity index is 2.77. The highest BCUT2D eigenvalue weighted by Gasteiger charge is 1.92. The summed E-state index contributed by atoms with van der Waals surface area (Å²) >= 11 is 4.82. The van der Waals surface area contributed by atoms with E-state index < -0.39 is 0 Å². The van der Waals surface area contributed by atoms with Gasteiger partial charge in [0.05, 0.1) is 7.11 Å². The Morgan fingerprint density at radius 1 is 1.44 bits per heavy atom. The Bertz CT molecular complexity index is 193. The Labute approximate surface area is 59.1 Å². The van der Waals surface area contributed by atoms with E-state index in [1.165, 1.54) is 0 Å². The van der Waals surface area contributed by atoms with E-state index in [0.29, 0.717) is 5.17 Å². The number of methoxy groups -OCH3 is 1. The van der Waals surface area contributed by atoms with Gasteiger partial charge < -0.3 is 4.74 Å². The van der Waals surface area contributed by atoms with E-state index in [1.807, 2.05) is 24.5 Å². The van der Waals surface area contributed by atoms with Crippen LogP contribution in [-0.4, -0.2) is 16.9 Å². The van der Waals surface area contributed by atoms with Gasteiger partial charge in [0.25, 0.3) is 5.17 Å². The summed E-state index contributed by atoms with van der Waals surface area (Å²) in [6.45, 7) is 0. The van der Waals surface area contributed by atoms with E-state index in [4.69, 9.17) is 17.0 Å². The van der Waals surface area contributed by atoms with Crippen molar-refractivity contribution in [1.82, 2.24) is 4.57 Å². The Morgan fingerprint density at radius 3 is 2.44 bits per heavy atom. The van der Waals surface area contributed by atoms with Gasteiger partial charge in [0.1, 0.15) is 0 Å². The molecule has 48 valence electrons. The third kappa shape index (κ3) is 1.29. The molecule has 0 saturated carbocycles. The molecule has 0 aromatic carbocycles. The van der Waals surface area contributed by atoms with Crippen LogP contribution in [0.25, 0.3) is 0 Å². The molecular formula is C6H7NOS. The quantitative estimate of drug-likeness (QED) is 0.505. The molecule has 0 N–H and O–H groups in total. The summed E-state index contributed by atoms with van der Waals surface area (Å²) in [4.78, 5) is 0. The average molecular weight is 141 g/mol. The molecule has 0 atom stereocenters. The highest BCUT2D eigenvalue weighted by molar-refractivity contribution is 7.80. The molecule has 0 radical (unpaired) electrons. The fraction of sp³-hybridized carbons (Fsp3) is 0.167. The number of rotatable bonds is 0. The predicted octanol–water partition coefficient (Wildman–Crippen LogP) is 1.27. The van der Waals surface area contributed by atoms with E-state index >= 15 is 0 Å². The average Bonchev–Trinajstić information content (AvgIpc) is 2.37. The second-order valence-electron chi connectivity index (χ2n) is 1.56. The lowest BCUT2D eigenvalue weighted by Gasteiger charge is -1.99. The molecule has 0 fully saturated rings. The van der Waals surface area contributed by atoms with E-state index in [9.17, 15) is 0 Å². The summed E-state index contributed by atoms with van der Waals surface area (Å²) in [6.07, 6.45) is 3.68. The molecule has 0 aliphatic rings. The fourth-order valence-corrected chi connectivity index (χ4v) is 0.683. The minimum absolute atomic E-state index is 0.472. The van der Waals surface area contributed by atoms with Gasteiger partial charge in [-0.2, -0.15) is 0 Å². The monoisotopic (exact) mass is 141 g/mol. The lowest BCUT2D eigenvalue weighted by atomic mass is 10.7. The standard InChI is InChI=1S/C6H7NOS/c1-8-6(9)7-4-2-3-5-7/h2-5H,1H3. The van der Waals surface area contributed by atoms with Gasteiger partial charge in [0, 0.05) is 12.4 Å². The van der Waals surface area contributed by atoms with Crippen LogP contribution < -0.4 is 0 Å².